The van der Waals surface area contributed by atoms with Gasteiger partial charge in [0.2, 0.25) is 15.9 Å². The smallest absolute Gasteiger partial charge is 0.240 e. The molecule has 1 aliphatic heterocycles. The first-order valence-electron chi connectivity index (χ1n) is 6.47. The minimum absolute atomic E-state index is 0.000696. The quantitative estimate of drug-likeness (QED) is 0.910. The molecule has 1 aliphatic rings. The van der Waals surface area contributed by atoms with Crippen LogP contribution in [0.25, 0.3) is 0 Å². The molecular formula is C13H16ClFN2O3S. The second kappa shape index (κ2) is 6.29. The van der Waals surface area contributed by atoms with E-state index in [4.69, 9.17) is 11.6 Å². The van der Waals surface area contributed by atoms with E-state index in [1.165, 1.54) is 6.07 Å². The van der Waals surface area contributed by atoms with Gasteiger partial charge in [-0.05, 0) is 30.5 Å². The van der Waals surface area contributed by atoms with Crippen molar-refractivity contribution in [3.05, 3.63) is 29.0 Å². The number of carbonyl (C=O) groups is 1. The molecule has 5 nitrogen and oxygen atoms in total. The van der Waals surface area contributed by atoms with Crippen molar-refractivity contribution in [2.45, 2.75) is 17.7 Å². The zero-order valence-corrected chi connectivity index (χ0v) is 13.0. The number of likely N-dealkylation sites (tertiary alicyclic amines) is 1. The fraction of sp³-hybridized carbons (Fsp3) is 0.462. The summed E-state index contributed by atoms with van der Waals surface area (Å²) < 4.78 is 39.8. The Labute approximate surface area is 128 Å². The number of nitrogens with zero attached hydrogens (tertiary/aromatic N) is 1. The zero-order valence-electron chi connectivity index (χ0n) is 11.5. The first-order valence-corrected chi connectivity index (χ1v) is 8.34. The van der Waals surface area contributed by atoms with Crippen LogP contribution in [0.4, 0.5) is 4.39 Å². The maximum absolute atomic E-state index is 13.2. The van der Waals surface area contributed by atoms with Gasteiger partial charge in [-0.2, -0.15) is 0 Å². The van der Waals surface area contributed by atoms with Gasteiger partial charge in [0.15, 0.2) is 0 Å². The van der Waals surface area contributed by atoms with Crippen molar-refractivity contribution >= 4 is 27.5 Å². The van der Waals surface area contributed by atoms with Gasteiger partial charge < -0.3 is 4.90 Å². The SMILES string of the molecule is CN1CC[C@H](CNS(=O)(=O)c2cc(F)cc(Cl)c2)CC1=O. The van der Waals surface area contributed by atoms with Crippen LogP contribution < -0.4 is 4.72 Å². The van der Waals surface area contributed by atoms with Crippen LogP contribution in [0.15, 0.2) is 23.1 Å². The fourth-order valence-electron chi connectivity index (χ4n) is 2.17. The molecule has 1 atom stereocenters. The van der Waals surface area contributed by atoms with Crippen molar-refractivity contribution in [1.29, 1.82) is 0 Å². The molecule has 1 aromatic rings. The van der Waals surface area contributed by atoms with Crippen molar-refractivity contribution in [2.75, 3.05) is 20.1 Å². The molecule has 0 unspecified atom stereocenters. The van der Waals surface area contributed by atoms with Gasteiger partial charge in [0.05, 0.1) is 4.90 Å². The fourth-order valence-corrected chi connectivity index (χ4v) is 3.63. The molecule has 0 aromatic heterocycles. The Morgan fingerprint density at radius 3 is 2.76 bits per heavy atom. The average Bonchev–Trinajstić information content (AvgIpc) is 2.39. The molecule has 8 heteroatoms. The molecule has 116 valence electrons. The van der Waals surface area contributed by atoms with Gasteiger partial charge in [-0.1, -0.05) is 11.6 Å². The third kappa shape index (κ3) is 4.15. The van der Waals surface area contributed by atoms with Crippen LogP contribution in [0.1, 0.15) is 12.8 Å². The van der Waals surface area contributed by atoms with Crippen LogP contribution >= 0.6 is 11.6 Å². The Morgan fingerprint density at radius 2 is 2.14 bits per heavy atom. The Kier molecular flexibility index (Phi) is 4.85. The summed E-state index contributed by atoms with van der Waals surface area (Å²) in [7, 11) is -2.12. The molecule has 1 aromatic carbocycles. The number of nitrogens with one attached hydrogen (secondary N) is 1. The van der Waals surface area contributed by atoms with E-state index < -0.39 is 15.8 Å². The monoisotopic (exact) mass is 334 g/mol. The zero-order chi connectivity index (χ0) is 15.6. The number of carbonyl (C=O) groups excluding carboxylic acids is 1. The number of hydrogen-bond donors (Lipinski definition) is 1. The molecule has 1 saturated heterocycles. The summed E-state index contributed by atoms with van der Waals surface area (Å²) in [6.07, 6.45) is 1.04. The summed E-state index contributed by atoms with van der Waals surface area (Å²) >= 11 is 5.66. The van der Waals surface area contributed by atoms with E-state index in [0.29, 0.717) is 13.0 Å². The second-order valence-electron chi connectivity index (χ2n) is 5.13. The lowest BCUT2D eigenvalue weighted by atomic mass is 9.97. The molecule has 0 saturated carbocycles. The first-order chi connectivity index (χ1) is 9.78. The molecule has 1 fully saturated rings. The summed E-state index contributed by atoms with van der Waals surface area (Å²) in [6, 6.07) is 3.14. The minimum Gasteiger partial charge on any atom is -0.346 e. The maximum Gasteiger partial charge on any atom is 0.240 e. The van der Waals surface area contributed by atoms with E-state index in [1.54, 1.807) is 11.9 Å². The first kappa shape index (κ1) is 16.2. The number of benzene rings is 1. The summed E-state index contributed by atoms with van der Waals surface area (Å²) in [5, 5.41) is 0.0184. The molecule has 0 aliphatic carbocycles. The van der Waals surface area contributed by atoms with Gasteiger partial charge in [-0.3, -0.25) is 4.79 Å². The highest BCUT2D eigenvalue weighted by Crippen LogP contribution is 2.20. The summed E-state index contributed by atoms with van der Waals surface area (Å²) in [6.45, 7) is 0.757. The van der Waals surface area contributed by atoms with Gasteiger partial charge in [0.1, 0.15) is 5.82 Å². The van der Waals surface area contributed by atoms with Crippen molar-refractivity contribution in [2.24, 2.45) is 5.92 Å². The third-order valence-corrected chi connectivity index (χ3v) is 5.09. The van der Waals surface area contributed by atoms with Crippen LogP contribution in [0.2, 0.25) is 5.02 Å². The average molecular weight is 335 g/mol. The van der Waals surface area contributed by atoms with E-state index >= 15 is 0 Å². The van der Waals surface area contributed by atoms with Gasteiger partial charge in [0, 0.05) is 31.6 Å². The summed E-state index contributed by atoms with van der Waals surface area (Å²) in [4.78, 5) is 13.0. The van der Waals surface area contributed by atoms with E-state index in [0.717, 1.165) is 18.6 Å². The van der Waals surface area contributed by atoms with Crippen LogP contribution in [0.3, 0.4) is 0 Å². The predicted octanol–water partition coefficient (Wildman–Crippen LogP) is 1.63. The van der Waals surface area contributed by atoms with Crippen LogP contribution in [-0.4, -0.2) is 39.4 Å². The van der Waals surface area contributed by atoms with Crippen LogP contribution in [-0.2, 0) is 14.8 Å². The maximum atomic E-state index is 13.2. The molecule has 1 amide bonds. The van der Waals surface area contributed by atoms with Gasteiger partial charge >= 0.3 is 0 Å². The molecule has 0 spiro atoms. The Bertz CT molecular complexity index is 631. The molecule has 1 N–H and O–H groups in total. The lowest BCUT2D eigenvalue weighted by Crippen LogP contribution is -2.40. The van der Waals surface area contributed by atoms with E-state index in [9.17, 15) is 17.6 Å². The Hall–Kier alpha value is -1.18. The summed E-state index contributed by atoms with van der Waals surface area (Å²) in [5.74, 6) is -0.760. The molecule has 2 rings (SSSR count). The number of piperidine rings is 1. The third-order valence-electron chi connectivity index (χ3n) is 3.47. The number of hydrogen-bond acceptors (Lipinski definition) is 3. The van der Waals surface area contributed by atoms with Crippen molar-refractivity contribution in [1.82, 2.24) is 9.62 Å². The van der Waals surface area contributed by atoms with Crippen molar-refractivity contribution < 1.29 is 17.6 Å². The van der Waals surface area contributed by atoms with E-state index in [-0.39, 0.29) is 28.3 Å². The van der Waals surface area contributed by atoms with Crippen molar-refractivity contribution in [3.8, 4) is 0 Å². The molecule has 21 heavy (non-hydrogen) atoms. The standard InChI is InChI=1S/C13H16ClFN2O3S/c1-17-3-2-9(4-13(17)18)8-16-21(19,20)12-6-10(14)5-11(15)7-12/h5-7,9,16H,2-4,8H2,1H3/t9-/m0/s1. The highest BCUT2D eigenvalue weighted by Gasteiger charge is 2.25. The van der Waals surface area contributed by atoms with Gasteiger partial charge in [-0.25, -0.2) is 17.5 Å². The predicted molar refractivity (Wildman–Crippen MR) is 77.0 cm³/mol. The van der Waals surface area contributed by atoms with Crippen LogP contribution in [0, 0.1) is 11.7 Å². The second-order valence-corrected chi connectivity index (χ2v) is 7.33. The number of amides is 1. The minimum atomic E-state index is -3.84. The Morgan fingerprint density at radius 1 is 1.43 bits per heavy atom. The number of rotatable bonds is 4. The highest BCUT2D eigenvalue weighted by atomic mass is 35.5. The topological polar surface area (TPSA) is 66.5 Å². The lowest BCUT2D eigenvalue weighted by molar-refractivity contribution is -0.133. The lowest BCUT2D eigenvalue weighted by Gasteiger charge is -2.28. The molecule has 0 radical (unpaired) electrons. The van der Waals surface area contributed by atoms with E-state index in [1.807, 2.05) is 0 Å². The molecule has 1 heterocycles. The Balaban J connectivity index is 2.03. The van der Waals surface area contributed by atoms with Gasteiger partial charge in [-0.15, -0.1) is 0 Å². The number of sulfonamides is 1. The number of halogens is 2. The molecular weight excluding hydrogens is 319 g/mol. The molecule has 0 bridgehead atoms. The van der Waals surface area contributed by atoms with Crippen molar-refractivity contribution in [3.63, 3.8) is 0 Å². The van der Waals surface area contributed by atoms with E-state index in [2.05, 4.69) is 4.72 Å². The van der Waals surface area contributed by atoms with Crippen LogP contribution in [0.5, 0.6) is 0 Å². The largest absolute Gasteiger partial charge is 0.346 e. The summed E-state index contributed by atoms with van der Waals surface area (Å²) in [5.41, 5.74) is 0. The highest BCUT2D eigenvalue weighted by molar-refractivity contribution is 7.89. The van der Waals surface area contributed by atoms with Gasteiger partial charge in [0.25, 0.3) is 0 Å². The normalized spacial score (nSPS) is 19.9.